The van der Waals surface area contributed by atoms with Gasteiger partial charge in [0, 0.05) is 23.3 Å². The first-order valence-corrected chi connectivity index (χ1v) is 10.2. The Balaban J connectivity index is 2.16. The predicted octanol–water partition coefficient (Wildman–Crippen LogP) is 3.01. The molecule has 0 spiro atoms. The summed E-state index contributed by atoms with van der Waals surface area (Å²) in [4.78, 5) is 23.4. The van der Waals surface area contributed by atoms with E-state index < -0.39 is 15.9 Å². The monoisotopic (exact) mass is 409 g/mol. The van der Waals surface area contributed by atoms with E-state index in [9.17, 15) is 18.0 Å². The molecule has 0 fully saturated rings. The van der Waals surface area contributed by atoms with Crippen molar-refractivity contribution in [3.05, 3.63) is 53.1 Å². The molecule has 144 valence electrons. The topological polar surface area (TPSA) is 95.6 Å². The van der Waals surface area contributed by atoms with Crippen molar-refractivity contribution in [3.8, 4) is 0 Å². The number of aryl methyl sites for hydroxylation is 1. The molecule has 0 aliphatic heterocycles. The summed E-state index contributed by atoms with van der Waals surface area (Å²) in [5.41, 5.74) is 2.10. The molecule has 0 aliphatic rings. The van der Waals surface area contributed by atoms with Gasteiger partial charge in [0.05, 0.1) is 11.9 Å². The smallest absolute Gasteiger partial charge is 0.245 e. The van der Waals surface area contributed by atoms with Crippen LogP contribution in [0.4, 0.5) is 17.1 Å². The highest BCUT2D eigenvalue weighted by atomic mass is 35.5. The van der Waals surface area contributed by atoms with Crippen molar-refractivity contribution >= 4 is 50.5 Å². The second-order valence-electron chi connectivity index (χ2n) is 6.01. The van der Waals surface area contributed by atoms with Gasteiger partial charge >= 0.3 is 0 Å². The van der Waals surface area contributed by atoms with Gasteiger partial charge in [0.1, 0.15) is 6.54 Å². The first-order valence-electron chi connectivity index (χ1n) is 7.97. The zero-order chi connectivity index (χ0) is 20.2. The molecule has 0 saturated heterocycles. The maximum atomic E-state index is 12.4. The molecule has 27 heavy (non-hydrogen) atoms. The second-order valence-corrected chi connectivity index (χ2v) is 8.35. The van der Waals surface area contributed by atoms with E-state index >= 15 is 0 Å². The average Bonchev–Trinajstić information content (AvgIpc) is 2.54. The lowest BCUT2D eigenvalue weighted by Gasteiger charge is -2.23. The van der Waals surface area contributed by atoms with Gasteiger partial charge in [-0.3, -0.25) is 13.9 Å². The Morgan fingerprint density at radius 3 is 2.07 bits per heavy atom. The van der Waals surface area contributed by atoms with E-state index in [0.29, 0.717) is 27.6 Å². The maximum Gasteiger partial charge on any atom is 0.245 e. The molecule has 0 saturated carbocycles. The number of rotatable bonds is 6. The number of carbonyl (C=O) groups is 2. The standard InChI is InChI=1S/C18H20ClN3O4S/c1-12-10-14(19)4-9-17(12)22(27(3,25)26)11-18(24)21-16-7-5-15(6-8-16)20-13(2)23/h4-10H,11H2,1-3H3,(H,20,23)(H,21,24). The number of anilines is 3. The minimum Gasteiger partial charge on any atom is -0.326 e. The Kier molecular flexibility index (Phi) is 6.45. The van der Waals surface area contributed by atoms with E-state index in [-0.39, 0.29) is 12.5 Å². The summed E-state index contributed by atoms with van der Waals surface area (Å²) in [5.74, 6) is -0.698. The molecule has 0 unspecified atom stereocenters. The van der Waals surface area contributed by atoms with Crippen molar-refractivity contribution in [2.45, 2.75) is 13.8 Å². The quantitative estimate of drug-likeness (QED) is 0.766. The van der Waals surface area contributed by atoms with Crippen LogP contribution >= 0.6 is 11.6 Å². The van der Waals surface area contributed by atoms with Crippen LogP contribution in [0.15, 0.2) is 42.5 Å². The van der Waals surface area contributed by atoms with Crippen molar-refractivity contribution in [3.63, 3.8) is 0 Å². The fraction of sp³-hybridized carbons (Fsp3) is 0.222. The first kappa shape index (κ1) is 20.7. The maximum absolute atomic E-state index is 12.4. The molecule has 9 heteroatoms. The van der Waals surface area contributed by atoms with Crippen LogP contribution in [0, 0.1) is 6.92 Å². The molecule has 7 nitrogen and oxygen atoms in total. The number of amides is 2. The molecule has 2 amide bonds. The highest BCUT2D eigenvalue weighted by molar-refractivity contribution is 7.92. The fourth-order valence-corrected chi connectivity index (χ4v) is 3.59. The van der Waals surface area contributed by atoms with E-state index in [1.165, 1.54) is 6.92 Å². The predicted molar refractivity (Wildman–Crippen MR) is 108 cm³/mol. The average molecular weight is 410 g/mol. The Morgan fingerprint density at radius 2 is 1.59 bits per heavy atom. The lowest BCUT2D eigenvalue weighted by atomic mass is 10.2. The summed E-state index contributed by atoms with van der Waals surface area (Å²) >= 11 is 5.92. The van der Waals surface area contributed by atoms with Crippen LogP contribution in [0.2, 0.25) is 5.02 Å². The van der Waals surface area contributed by atoms with Gasteiger partial charge in [-0.1, -0.05) is 11.6 Å². The first-order chi connectivity index (χ1) is 12.6. The lowest BCUT2D eigenvalue weighted by Crippen LogP contribution is -2.37. The van der Waals surface area contributed by atoms with Crippen LogP contribution < -0.4 is 14.9 Å². The number of nitrogens with zero attached hydrogens (tertiary/aromatic N) is 1. The summed E-state index contributed by atoms with van der Waals surface area (Å²) in [6.45, 7) is 2.74. The number of nitrogens with one attached hydrogen (secondary N) is 2. The minimum absolute atomic E-state index is 0.200. The van der Waals surface area contributed by atoms with E-state index in [4.69, 9.17) is 11.6 Å². The van der Waals surface area contributed by atoms with Gasteiger partial charge in [0.2, 0.25) is 21.8 Å². The lowest BCUT2D eigenvalue weighted by molar-refractivity contribution is -0.115. The number of halogens is 1. The van der Waals surface area contributed by atoms with Crippen LogP contribution in [0.1, 0.15) is 12.5 Å². The molecule has 0 heterocycles. The third-order valence-electron chi connectivity index (χ3n) is 3.60. The molecular formula is C18H20ClN3O4S. The van der Waals surface area contributed by atoms with E-state index in [0.717, 1.165) is 10.6 Å². The van der Waals surface area contributed by atoms with Gasteiger partial charge < -0.3 is 10.6 Å². The van der Waals surface area contributed by atoms with E-state index in [1.807, 2.05) is 0 Å². The van der Waals surface area contributed by atoms with Crippen LogP contribution in [-0.2, 0) is 19.6 Å². The Bertz CT molecular complexity index is 959. The molecule has 0 atom stereocenters. The van der Waals surface area contributed by atoms with Crippen molar-refractivity contribution in [2.24, 2.45) is 0 Å². The van der Waals surface area contributed by atoms with Gasteiger partial charge in [0.15, 0.2) is 0 Å². The zero-order valence-electron chi connectivity index (χ0n) is 15.1. The second kappa shape index (κ2) is 8.41. The molecule has 2 rings (SSSR count). The largest absolute Gasteiger partial charge is 0.326 e. The number of benzene rings is 2. The summed E-state index contributed by atoms with van der Waals surface area (Å²) in [5, 5.41) is 5.74. The third-order valence-corrected chi connectivity index (χ3v) is 4.97. The molecule has 0 aromatic heterocycles. The third kappa shape index (κ3) is 5.97. The van der Waals surface area contributed by atoms with Crippen molar-refractivity contribution in [1.29, 1.82) is 0 Å². The number of sulfonamides is 1. The van der Waals surface area contributed by atoms with Crippen molar-refractivity contribution in [1.82, 2.24) is 0 Å². The Labute approximate surface area is 163 Å². The van der Waals surface area contributed by atoms with Crippen molar-refractivity contribution < 1.29 is 18.0 Å². The molecule has 2 aromatic rings. The highest BCUT2D eigenvalue weighted by Crippen LogP contribution is 2.25. The van der Waals surface area contributed by atoms with Crippen molar-refractivity contribution in [2.75, 3.05) is 27.7 Å². The summed E-state index contributed by atoms with van der Waals surface area (Å²) < 4.78 is 25.4. The van der Waals surface area contributed by atoms with Crippen LogP contribution in [-0.4, -0.2) is 33.0 Å². The zero-order valence-corrected chi connectivity index (χ0v) is 16.7. The SMILES string of the molecule is CC(=O)Nc1ccc(NC(=O)CN(c2ccc(Cl)cc2C)S(C)(=O)=O)cc1. The number of carbonyl (C=O) groups excluding carboxylic acids is 2. The van der Waals surface area contributed by atoms with Gasteiger partial charge in [-0.15, -0.1) is 0 Å². The van der Waals surface area contributed by atoms with Gasteiger partial charge in [0.25, 0.3) is 0 Å². The molecular weight excluding hydrogens is 390 g/mol. The number of hydrogen-bond donors (Lipinski definition) is 2. The summed E-state index contributed by atoms with van der Waals surface area (Å²) in [6, 6.07) is 11.3. The van der Waals surface area contributed by atoms with Crippen LogP contribution in [0.5, 0.6) is 0 Å². The van der Waals surface area contributed by atoms with E-state index in [2.05, 4.69) is 10.6 Å². The van der Waals surface area contributed by atoms with Gasteiger partial charge in [-0.05, 0) is 55.0 Å². The highest BCUT2D eigenvalue weighted by Gasteiger charge is 2.22. The number of hydrogen-bond acceptors (Lipinski definition) is 4. The molecule has 0 bridgehead atoms. The molecule has 2 N–H and O–H groups in total. The van der Waals surface area contributed by atoms with Crippen LogP contribution in [0.25, 0.3) is 0 Å². The van der Waals surface area contributed by atoms with Crippen LogP contribution in [0.3, 0.4) is 0 Å². The summed E-state index contributed by atoms with van der Waals surface area (Å²) in [6.07, 6.45) is 1.04. The van der Waals surface area contributed by atoms with Gasteiger partial charge in [-0.2, -0.15) is 0 Å². The van der Waals surface area contributed by atoms with Gasteiger partial charge in [-0.25, -0.2) is 8.42 Å². The Morgan fingerprint density at radius 1 is 1.04 bits per heavy atom. The normalized spacial score (nSPS) is 11.0. The molecule has 2 aromatic carbocycles. The van der Waals surface area contributed by atoms with E-state index in [1.54, 1.807) is 49.4 Å². The minimum atomic E-state index is -3.68. The molecule has 0 radical (unpaired) electrons. The molecule has 0 aliphatic carbocycles. The Hall–Kier alpha value is -2.58. The fourth-order valence-electron chi connectivity index (χ4n) is 2.45. The summed E-state index contributed by atoms with van der Waals surface area (Å²) in [7, 11) is -3.68.